The Balaban J connectivity index is 1.54. The molecular formula is C14H18N4O2. The minimum atomic E-state index is -0.0207. The first kappa shape index (κ1) is 13.1. The zero-order chi connectivity index (χ0) is 13.8. The average Bonchev–Trinajstić information content (AvgIpc) is 2.89. The highest BCUT2D eigenvalue weighted by molar-refractivity contribution is 5.76. The van der Waals surface area contributed by atoms with Crippen molar-refractivity contribution < 1.29 is 9.53 Å². The molecule has 1 fully saturated rings. The van der Waals surface area contributed by atoms with Gasteiger partial charge in [0, 0.05) is 31.4 Å². The van der Waals surface area contributed by atoms with Crippen molar-refractivity contribution in [2.24, 2.45) is 0 Å². The quantitative estimate of drug-likeness (QED) is 0.843. The fourth-order valence-corrected chi connectivity index (χ4v) is 2.35. The number of pyridine rings is 1. The molecule has 3 heterocycles. The number of nitrogens with zero attached hydrogens (tertiary/aromatic N) is 2. The molecule has 106 valence electrons. The molecule has 0 aliphatic carbocycles. The van der Waals surface area contributed by atoms with Crippen LogP contribution in [0.5, 0.6) is 0 Å². The number of hydrogen-bond acceptors (Lipinski definition) is 4. The lowest BCUT2D eigenvalue weighted by atomic mass is 10.2. The Hall–Kier alpha value is -1.92. The normalized spacial score (nSPS) is 19.1. The predicted octanol–water partition coefficient (Wildman–Crippen LogP) is 0.329. The molecule has 1 unspecified atom stereocenters. The SMILES string of the molecule is O=C(CC1CNCCO1)NCc1cnn2ccccc12. The Labute approximate surface area is 117 Å². The zero-order valence-electron chi connectivity index (χ0n) is 11.2. The van der Waals surface area contributed by atoms with Crippen LogP contribution in [0.4, 0.5) is 0 Å². The standard InChI is InChI=1S/C14H18N4O2/c19-14(7-12-10-15-4-6-20-12)16-8-11-9-17-18-5-2-1-3-13(11)18/h1-3,5,9,12,15H,4,6-8,10H2,(H,16,19). The van der Waals surface area contributed by atoms with E-state index in [1.165, 1.54) is 0 Å². The lowest BCUT2D eigenvalue weighted by Crippen LogP contribution is -2.41. The van der Waals surface area contributed by atoms with Crippen molar-refractivity contribution in [3.8, 4) is 0 Å². The maximum absolute atomic E-state index is 11.9. The Morgan fingerprint density at radius 2 is 2.50 bits per heavy atom. The van der Waals surface area contributed by atoms with Crippen molar-refractivity contribution in [2.75, 3.05) is 19.7 Å². The Bertz CT molecular complexity index is 590. The fraction of sp³-hybridized carbons (Fsp3) is 0.429. The van der Waals surface area contributed by atoms with Gasteiger partial charge in [-0.15, -0.1) is 0 Å². The van der Waals surface area contributed by atoms with Gasteiger partial charge in [-0.3, -0.25) is 4.79 Å². The number of carbonyl (C=O) groups is 1. The van der Waals surface area contributed by atoms with Crippen LogP contribution in [0.1, 0.15) is 12.0 Å². The Morgan fingerprint density at radius 1 is 1.55 bits per heavy atom. The van der Waals surface area contributed by atoms with E-state index in [2.05, 4.69) is 15.7 Å². The number of rotatable bonds is 4. The lowest BCUT2D eigenvalue weighted by Gasteiger charge is -2.22. The van der Waals surface area contributed by atoms with Gasteiger partial charge in [-0.2, -0.15) is 5.10 Å². The predicted molar refractivity (Wildman–Crippen MR) is 74.3 cm³/mol. The summed E-state index contributed by atoms with van der Waals surface area (Å²) in [5.74, 6) is 0.00832. The van der Waals surface area contributed by atoms with Crippen molar-refractivity contribution in [1.82, 2.24) is 20.2 Å². The van der Waals surface area contributed by atoms with Crippen LogP contribution < -0.4 is 10.6 Å². The van der Waals surface area contributed by atoms with Gasteiger partial charge in [-0.05, 0) is 12.1 Å². The molecule has 1 saturated heterocycles. The van der Waals surface area contributed by atoms with E-state index >= 15 is 0 Å². The van der Waals surface area contributed by atoms with Gasteiger partial charge in [-0.25, -0.2) is 4.52 Å². The third-order valence-corrected chi connectivity index (χ3v) is 3.40. The van der Waals surface area contributed by atoms with Crippen molar-refractivity contribution in [1.29, 1.82) is 0 Å². The van der Waals surface area contributed by atoms with Gasteiger partial charge in [-0.1, -0.05) is 6.07 Å². The molecule has 0 radical (unpaired) electrons. The van der Waals surface area contributed by atoms with Gasteiger partial charge in [0.2, 0.25) is 5.91 Å². The molecule has 1 aliphatic rings. The molecule has 2 N–H and O–H groups in total. The molecule has 0 saturated carbocycles. The summed E-state index contributed by atoms with van der Waals surface area (Å²) in [6.07, 6.45) is 4.05. The molecule has 0 aromatic carbocycles. The molecule has 2 aromatic heterocycles. The van der Waals surface area contributed by atoms with E-state index in [0.29, 0.717) is 19.6 Å². The van der Waals surface area contributed by atoms with Crippen molar-refractivity contribution in [3.05, 3.63) is 36.2 Å². The highest BCUT2D eigenvalue weighted by Gasteiger charge is 2.17. The highest BCUT2D eigenvalue weighted by atomic mass is 16.5. The first-order valence-electron chi connectivity index (χ1n) is 6.83. The number of hydrogen-bond donors (Lipinski definition) is 2. The molecule has 1 aliphatic heterocycles. The fourth-order valence-electron chi connectivity index (χ4n) is 2.35. The first-order valence-corrected chi connectivity index (χ1v) is 6.83. The molecule has 6 nitrogen and oxygen atoms in total. The van der Waals surface area contributed by atoms with Crippen LogP contribution in [-0.4, -0.2) is 41.3 Å². The van der Waals surface area contributed by atoms with Gasteiger partial charge in [0.05, 0.1) is 30.8 Å². The van der Waals surface area contributed by atoms with E-state index < -0.39 is 0 Å². The third-order valence-electron chi connectivity index (χ3n) is 3.40. The van der Waals surface area contributed by atoms with Crippen molar-refractivity contribution in [2.45, 2.75) is 19.1 Å². The van der Waals surface area contributed by atoms with Crippen LogP contribution >= 0.6 is 0 Å². The summed E-state index contributed by atoms with van der Waals surface area (Å²) in [5.41, 5.74) is 2.03. The summed E-state index contributed by atoms with van der Waals surface area (Å²) in [6.45, 7) is 2.77. The third kappa shape index (κ3) is 2.97. The first-order chi connectivity index (χ1) is 9.83. The average molecular weight is 274 g/mol. The van der Waals surface area contributed by atoms with Crippen molar-refractivity contribution >= 4 is 11.4 Å². The van der Waals surface area contributed by atoms with E-state index in [4.69, 9.17) is 4.74 Å². The number of morpholine rings is 1. The molecule has 6 heteroatoms. The number of nitrogens with one attached hydrogen (secondary N) is 2. The van der Waals surface area contributed by atoms with Crippen LogP contribution in [0.2, 0.25) is 0 Å². The second-order valence-electron chi connectivity index (χ2n) is 4.88. The number of aromatic nitrogens is 2. The molecule has 20 heavy (non-hydrogen) atoms. The number of ether oxygens (including phenoxy) is 1. The van der Waals surface area contributed by atoms with Crippen LogP contribution in [0.25, 0.3) is 5.52 Å². The lowest BCUT2D eigenvalue weighted by molar-refractivity contribution is -0.124. The summed E-state index contributed by atoms with van der Waals surface area (Å²) < 4.78 is 7.32. The molecule has 0 spiro atoms. The van der Waals surface area contributed by atoms with Crippen LogP contribution in [-0.2, 0) is 16.1 Å². The van der Waals surface area contributed by atoms with Gasteiger partial charge in [0.1, 0.15) is 0 Å². The summed E-state index contributed by atoms with van der Waals surface area (Å²) in [6, 6.07) is 5.88. The minimum Gasteiger partial charge on any atom is -0.375 e. The van der Waals surface area contributed by atoms with Crippen LogP contribution in [0.15, 0.2) is 30.6 Å². The molecule has 1 atom stereocenters. The van der Waals surface area contributed by atoms with Gasteiger partial charge in [0.25, 0.3) is 0 Å². The molecule has 1 amide bonds. The Morgan fingerprint density at radius 3 is 3.35 bits per heavy atom. The smallest absolute Gasteiger partial charge is 0.222 e. The van der Waals surface area contributed by atoms with Crippen molar-refractivity contribution in [3.63, 3.8) is 0 Å². The summed E-state index contributed by atoms with van der Waals surface area (Å²) in [7, 11) is 0. The van der Waals surface area contributed by atoms with E-state index in [0.717, 1.165) is 24.2 Å². The van der Waals surface area contributed by atoms with E-state index in [9.17, 15) is 4.79 Å². The molecule has 2 aromatic rings. The van der Waals surface area contributed by atoms with Crippen LogP contribution in [0.3, 0.4) is 0 Å². The molecular weight excluding hydrogens is 256 g/mol. The molecule has 0 bridgehead atoms. The highest BCUT2D eigenvalue weighted by Crippen LogP contribution is 2.09. The van der Waals surface area contributed by atoms with Gasteiger partial charge >= 0.3 is 0 Å². The summed E-state index contributed by atoms with van der Waals surface area (Å²) in [4.78, 5) is 11.9. The maximum atomic E-state index is 11.9. The topological polar surface area (TPSA) is 67.7 Å². The number of fused-ring (bicyclic) bond motifs is 1. The molecule has 3 rings (SSSR count). The number of carbonyl (C=O) groups excluding carboxylic acids is 1. The van der Waals surface area contributed by atoms with Gasteiger partial charge in [0.15, 0.2) is 0 Å². The second-order valence-corrected chi connectivity index (χ2v) is 4.88. The largest absolute Gasteiger partial charge is 0.375 e. The Kier molecular flexibility index (Phi) is 3.94. The summed E-state index contributed by atoms with van der Waals surface area (Å²) in [5, 5.41) is 10.4. The minimum absolute atomic E-state index is 0.00832. The monoisotopic (exact) mass is 274 g/mol. The zero-order valence-corrected chi connectivity index (χ0v) is 11.2. The summed E-state index contributed by atoms with van der Waals surface area (Å²) >= 11 is 0. The van der Waals surface area contributed by atoms with Crippen LogP contribution in [0, 0.1) is 0 Å². The van der Waals surface area contributed by atoms with Gasteiger partial charge < -0.3 is 15.4 Å². The number of amides is 1. The second kappa shape index (κ2) is 6.02. The maximum Gasteiger partial charge on any atom is 0.222 e. The van der Waals surface area contributed by atoms with E-state index in [-0.39, 0.29) is 12.0 Å². The van der Waals surface area contributed by atoms with E-state index in [1.807, 2.05) is 24.4 Å². The van der Waals surface area contributed by atoms with E-state index in [1.54, 1.807) is 10.7 Å².